The Morgan fingerprint density at radius 1 is 1.04 bits per heavy atom. The molecular formula is C16H14N4O5. The van der Waals surface area contributed by atoms with Crippen LogP contribution >= 0.6 is 0 Å². The molecular weight excluding hydrogens is 328 g/mol. The SMILES string of the molecule is Cn1c(NNC(=O)c2cc3ccccc3oc2=O)cc(=O)n(C)c1=O. The highest BCUT2D eigenvalue weighted by Crippen LogP contribution is 2.12. The smallest absolute Gasteiger partial charge is 0.349 e. The Bertz CT molecular complexity index is 1160. The molecule has 2 heterocycles. The van der Waals surface area contributed by atoms with Gasteiger partial charge < -0.3 is 4.42 Å². The number of nitrogens with zero attached hydrogens (tertiary/aromatic N) is 2. The Kier molecular flexibility index (Phi) is 3.97. The molecule has 0 spiro atoms. The van der Waals surface area contributed by atoms with Crippen molar-refractivity contribution in [3.05, 3.63) is 73.2 Å². The van der Waals surface area contributed by atoms with E-state index in [9.17, 15) is 19.2 Å². The molecule has 0 unspecified atom stereocenters. The molecule has 0 saturated carbocycles. The largest absolute Gasteiger partial charge is 0.422 e. The topological polar surface area (TPSA) is 115 Å². The van der Waals surface area contributed by atoms with E-state index >= 15 is 0 Å². The molecule has 9 heteroatoms. The van der Waals surface area contributed by atoms with E-state index in [1.807, 2.05) is 0 Å². The zero-order valence-corrected chi connectivity index (χ0v) is 13.4. The van der Waals surface area contributed by atoms with Gasteiger partial charge in [-0.2, -0.15) is 0 Å². The van der Waals surface area contributed by atoms with E-state index < -0.39 is 22.8 Å². The first-order valence-electron chi connectivity index (χ1n) is 7.25. The van der Waals surface area contributed by atoms with Gasteiger partial charge in [0.05, 0.1) is 0 Å². The maximum atomic E-state index is 12.2. The molecule has 0 atom stereocenters. The number of hydrogen-bond acceptors (Lipinski definition) is 6. The van der Waals surface area contributed by atoms with Gasteiger partial charge in [0.25, 0.3) is 11.5 Å². The number of aromatic nitrogens is 2. The predicted molar refractivity (Wildman–Crippen MR) is 90.5 cm³/mol. The maximum Gasteiger partial charge on any atom is 0.349 e. The number of nitrogens with one attached hydrogen (secondary N) is 2. The lowest BCUT2D eigenvalue weighted by atomic mass is 10.2. The quantitative estimate of drug-likeness (QED) is 0.509. The fourth-order valence-electron chi connectivity index (χ4n) is 2.26. The van der Waals surface area contributed by atoms with Crippen molar-refractivity contribution in [3.8, 4) is 0 Å². The monoisotopic (exact) mass is 342 g/mol. The third-order valence-electron chi connectivity index (χ3n) is 3.72. The highest BCUT2D eigenvalue weighted by atomic mass is 16.4. The first-order valence-corrected chi connectivity index (χ1v) is 7.25. The number of para-hydroxylation sites is 1. The van der Waals surface area contributed by atoms with Gasteiger partial charge in [0, 0.05) is 25.5 Å². The Balaban J connectivity index is 1.89. The van der Waals surface area contributed by atoms with Gasteiger partial charge in [0.1, 0.15) is 17.0 Å². The van der Waals surface area contributed by atoms with Crippen molar-refractivity contribution in [2.75, 3.05) is 5.43 Å². The van der Waals surface area contributed by atoms with Gasteiger partial charge in [-0.3, -0.25) is 29.6 Å². The van der Waals surface area contributed by atoms with Crippen molar-refractivity contribution in [3.63, 3.8) is 0 Å². The van der Waals surface area contributed by atoms with Crippen LogP contribution in [0.1, 0.15) is 10.4 Å². The molecule has 1 amide bonds. The summed E-state index contributed by atoms with van der Waals surface area (Å²) in [6, 6.07) is 9.33. The van der Waals surface area contributed by atoms with Crippen LogP contribution in [-0.2, 0) is 14.1 Å². The summed E-state index contributed by atoms with van der Waals surface area (Å²) in [5.74, 6) is -0.681. The number of anilines is 1. The summed E-state index contributed by atoms with van der Waals surface area (Å²) in [6.45, 7) is 0. The van der Waals surface area contributed by atoms with Gasteiger partial charge in [-0.05, 0) is 12.1 Å². The van der Waals surface area contributed by atoms with Gasteiger partial charge in [0.15, 0.2) is 0 Å². The second kappa shape index (κ2) is 6.11. The molecule has 9 nitrogen and oxygen atoms in total. The fraction of sp³-hybridized carbons (Fsp3) is 0.125. The molecule has 0 saturated heterocycles. The third kappa shape index (κ3) is 2.94. The van der Waals surface area contributed by atoms with Crippen LogP contribution in [-0.4, -0.2) is 15.0 Å². The molecule has 3 aromatic rings. The molecule has 0 aliphatic rings. The summed E-state index contributed by atoms with van der Waals surface area (Å²) < 4.78 is 7.16. The maximum absolute atomic E-state index is 12.2. The first-order chi connectivity index (χ1) is 11.9. The van der Waals surface area contributed by atoms with E-state index in [2.05, 4.69) is 10.9 Å². The van der Waals surface area contributed by atoms with Gasteiger partial charge in [-0.25, -0.2) is 9.59 Å². The summed E-state index contributed by atoms with van der Waals surface area (Å²) >= 11 is 0. The van der Waals surface area contributed by atoms with Crippen LogP contribution in [0.5, 0.6) is 0 Å². The van der Waals surface area contributed by atoms with Crippen LogP contribution in [0.25, 0.3) is 11.0 Å². The lowest BCUT2D eigenvalue weighted by Crippen LogP contribution is -2.40. The Labute approximate surface area is 140 Å². The Morgan fingerprint density at radius 3 is 2.52 bits per heavy atom. The normalized spacial score (nSPS) is 10.6. The highest BCUT2D eigenvalue weighted by molar-refractivity contribution is 5.97. The van der Waals surface area contributed by atoms with Gasteiger partial charge in [-0.1, -0.05) is 18.2 Å². The van der Waals surface area contributed by atoms with Crippen molar-refractivity contribution in [2.24, 2.45) is 14.1 Å². The van der Waals surface area contributed by atoms with Gasteiger partial charge >= 0.3 is 11.3 Å². The number of hydrogen-bond donors (Lipinski definition) is 2. The zero-order chi connectivity index (χ0) is 18.1. The fourth-order valence-corrected chi connectivity index (χ4v) is 2.26. The lowest BCUT2D eigenvalue weighted by molar-refractivity contribution is 0.0959. The highest BCUT2D eigenvalue weighted by Gasteiger charge is 2.14. The molecule has 128 valence electrons. The van der Waals surface area contributed by atoms with Crippen molar-refractivity contribution < 1.29 is 9.21 Å². The van der Waals surface area contributed by atoms with Crippen molar-refractivity contribution in [1.82, 2.24) is 14.6 Å². The van der Waals surface area contributed by atoms with Crippen molar-refractivity contribution >= 4 is 22.7 Å². The second-order valence-corrected chi connectivity index (χ2v) is 5.33. The molecule has 0 fully saturated rings. The van der Waals surface area contributed by atoms with E-state index in [4.69, 9.17) is 4.42 Å². The Hall–Kier alpha value is -3.62. The van der Waals surface area contributed by atoms with Crippen LogP contribution in [0.15, 0.2) is 55.2 Å². The lowest BCUT2D eigenvalue weighted by Gasteiger charge is -2.12. The minimum absolute atomic E-state index is 0.0756. The second-order valence-electron chi connectivity index (χ2n) is 5.33. The predicted octanol–water partition coefficient (Wildman–Crippen LogP) is -0.0527. The summed E-state index contributed by atoms with van der Waals surface area (Å²) in [5.41, 5.74) is 3.01. The minimum atomic E-state index is -0.795. The molecule has 0 aliphatic heterocycles. The van der Waals surface area contributed by atoms with Gasteiger partial charge in [-0.15, -0.1) is 0 Å². The average Bonchev–Trinajstić information content (AvgIpc) is 2.61. The third-order valence-corrected chi connectivity index (χ3v) is 3.72. The molecule has 2 N–H and O–H groups in total. The van der Waals surface area contributed by atoms with E-state index in [0.717, 1.165) is 15.2 Å². The van der Waals surface area contributed by atoms with E-state index in [-0.39, 0.29) is 11.4 Å². The number of amides is 1. The van der Waals surface area contributed by atoms with E-state index in [1.165, 1.54) is 20.2 Å². The van der Waals surface area contributed by atoms with Gasteiger partial charge in [0.2, 0.25) is 0 Å². The van der Waals surface area contributed by atoms with Crippen LogP contribution in [0.4, 0.5) is 5.82 Å². The standard InChI is InChI=1S/C16H14N4O5/c1-19-12(8-13(21)20(2)16(19)24)17-18-14(22)10-7-9-5-3-4-6-11(9)25-15(10)23/h3-8,17H,1-2H3,(H,18,22). The molecule has 3 rings (SSSR count). The van der Waals surface area contributed by atoms with Crippen molar-refractivity contribution in [2.45, 2.75) is 0 Å². The minimum Gasteiger partial charge on any atom is -0.422 e. The van der Waals surface area contributed by atoms with Crippen LogP contribution in [0, 0.1) is 0 Å². The number of carbonyl (C=O) groups is 1. The van der Waals surface area contributed by atoms with Crippen LogP contribution in [0.3, 0.4) is 0 Å². The summed E-state index contributed by atoms with van der Waals surface area (Å²) in [6.07, 6.45) is 0. The summed E-state index contributed by atoms with van der Waals surface area (Å²) in [4.78, 5) is 47.7. The van der Waals surface area contributed by atoms with Crippen molar-refractivity contribution in [1.29, 1.82) is 0 Å². The number of carbonyl (C=O) groups excluding carboxylic acids is 1. The van der Waals surface area contributed by atoms with E-state index in [1.54, 1.807) is 24.3 Å². The summed E-state index contributed by atoms with van der Waals surface area (Å²) in [5, 5.41) is 0.591. The van der Waals surface area contributed by atoms with Crippen LogP contribution < -0.4 is 27.7 Å². The Morgan fingerprint density at radius 2 is 1.76 bits per heavy atom. The first kappa shape index (κ1) is 16.2. The number of hydrazine groups is 1. The summed E-state index contributed by atoms with van der Waals surface area (Å²) in [7, 11) is 2.77. The zero-order valence-electron chi connectivity index (χ0n) is 13.4. The molecule has 0 radical (unpaired) electrons. The van der Waals surface area contributed by atoms with E-state index in [0.29, 0.717) is 11.0 Å². The molecule has 25 heavy (non-hydrogen) atoms. The molecule has 1 aromatic carbocycles. The molecule has 0 aliphatic carbocycles. The number of rotatable bonds is 3. The number of fused-ring (bicyclic) bond motifs is 1. The van der Waals surface area contributed by atoms with Crippen LogP contribution in [0.2, 0.25) is 0 Å². The molecule has 2 aromatic heterocycles. The molecule has 0 bridgehead atoms. The average molecular weight is 342 g/mol. The number of benzene rings is 1.